The molecule has 1 aromatic heterocycles. The van der Waals surface area contributed by atoms with E-state index < -0.39 is 5.97 Å². The van der Waals surface area contributed by atoms with Crippen molar-refractivity contribution in [2.24, 2.45) is 0 Å². The number of pyridine rings is 1. The van der Waals surface area contributed by atoms with Gasteiger partial charge in [-0.2, -0.15) is 0 Å². The van der Waals surface area contributed by atoms with Crippen LogP contribution in [0.25, 0.3) is 0 Å². The molecule has 0 saturated carbocycles. The van der Waals surface area contributed by atoms with Crippen LogP contribution >= 0.6 is 23.2 Å². The fraction of sp³-hybridized carbons (Fsp3) is 0.250. The summed E-state index contributed by atoms with van der Waals surface area (Å²) in [6.07, 6.45) is 0. The molecule has 0 unspecified atom stereocenters. The second-order valence-corrected chi connectivity index (χ2v) is 3.14. The van der Waals surface area contributed by atoms with E-state index in [1.165, 1.54) is 12.1 Å². The minimum absolute atomic E-state index is 0.0591. The molecule has 0 bridgehead atoms. The van der Waals surface area contributed by atoms with E-state index in [1.807, 2.05) is 0 Å². The number of aromatic nitrogens is 1. The van der Waals surface area contributed by atoms with Crippen molar-refractivity contribution in [1.29, 1.82) is 0 Å². The number of hydrogen-bond acceptors (Lipinski definition) is 4. The Kier molecular flexibility index (Phi) is 4.13. The van der Waals surface area contributed by atoms with E-state index in [0.29, 0.717) is 0 Å². The molecule has 0 radical (unpaired) electrons. The Hall–Kier alpha value is -0.840. The summed E-state index contributed by atoms with van der Waals surface area (Å²) in [4.78, 5) is 14.9. The van der Waals surface area contributed by atoms with Gasteiger partial charge in [-0.05, 0) is 12.1 Å². The molecule has 1 heterocycles. The van der Waals surface area contributed by atoms with Crippen LogP contribution in [0.5, 0.6) is 0 Å². The van der Waals surface area contributed by atoms with Gasteiger partial charge in [-0.3, -0.25) is 0 Å². The summed E-state index contributed by atoms with van der Waals surface area (Å²) in [5.41, 5.74) is 0.212. The topological polar surface area (TPSA) is 59.4 Å². The molecule has 76 valence electrons. The summed E-state index contributed by atoms with van der Waals surface area (Å²) in [5, 5.41) is 8.67. The van der Waals surface area contributed by atoms with Gasteiger partial charge in [-0.15, -0.1) is 0 Å². The molecule has 1 rings (SSSR count). The number of rotatable bonds is 3. The summed E-state index contributed by atoms with van der Waals surface area (Å²) in [6.45, 7) is -0.283. The van der Waals surface area contributed by atoms with Crippen LogP contribution in [0.15, 0.2) is 12.1 Å². The normalized spacial score (nSPS) is 9.93. The highest BCUT2D eigenvalue weighted by molar-refractivity contribution is 6.32. The predicted molar refractivity (Wildman–Crippen MR) is 51.6 cm³/mol. The van der Waals surface area contributed by atoms with Gasteiger partial charge in [-0.25, -0.2) is 9.78 Å². The lowest BCUT2D eigenvalue weighted by atomic mass is 10.3. The molecule has 0 aliphatic rings. The quantitative estimate of drug-likeness (QED) is 0.638. The maximum Gasteiger partial charge on any atom is 0.338 e. The van der Waals surface area contributed by atoms with Crippen molar-refractivity contribution in [2.45, 2.75) is 0 Å². The number of halogens is 2. The van der Waals surface area contributed by atoms with Gasteiger partial charge in [0.05, 0.1) is 12.2 Å². The smallest absolute Gasteiger partial charge is 0.338 e. The Morgan fingerprint density at radius 1 is 1.43 bits per heavy atom. The summed E-state index contributed by atoms with van der Waals surface area (Å²) in [6, 6.07) is 2.68. The van der Waals surface area contributed by atoms with Gasteiger partial charge in [0, 0.05) is 0 Å². The third kappa shape index (κ3) is 3.14. The number of nitrogens with zero attached hydrogens (tertiary/aromatic N) is 1. The molecule has 1 N–H and O–H groups in total. The number of hydrogen-bond donors (Lipinski definition) is 1. The summed E-state index contributed by atoms with van der Waals surface area (Å²) in [5.74, 6) is -0.592. The number of aliphatic hydroxyl groups excluding tert-OH is 1. The molecule has 4 nitrogen and oxygen atoms in total. The molecule has 14 heavy (non-hydrogen) atoms. The minimum atomic E-state index is -0.592. The van der Waals surface area contributed by atoms with Gasteiger partial charge in [0.2, 0.25) is 0 Å². The Morgan fingerprint density at radius 3 is 2.50 bits per heavy atom. The lowest BCUT2D eigenvalue weighted by molar-refractivity contribution is 0.0433. The van der Waals surface area contributed by atoms with Gasteiger partial charge in [0.15, 0.2) is 0 Å². The first-order valence-corrected chi connectivity index (χ1v) is 4.50. The largest absolute Gasteiger partial charge is 0.460 e. The van der Waals surface area contributed by atoms with Crippen LogP contribution in [0.3, 0.4) is 0 Å². The molecule has 1 aromatic rings. The molecule has 0 aliphatic carbocycles. The second-order valence-electron chi connectivity index (χ2n) is 2.36. The summed E-state index contributed by atoms with van der Waals surface area (Å²) in [7, 11) is 0. The van der Waals surface area contributed by atoms with E-state index in [-0.39, 0.29) is 29.1 Å². The third-order valence-corrected chi connectivity index (χ3v) is 1.71. The molecular weight excluding hydrogens is 229 g/mol. The van der Waals surface area contributed by atoms with Crippen molar-refractivity contribution in [3.63, 3.8) is 0 Å². The highest BCUT2D eigenvalue weighted by atomic mass is 35.5. The fourth-order valence-electron chi connectivity index (χ4n) is 0.804. The van der Waals surface area contributed by atoms with Crippen LogP contribution in [-0.2, 0) is 4.74 Å². The zero-order chi connectivity index (χ0) is 10.6. The molecule has 6 heteroatoms. The van der Waals surface area contributed by atoms with Crippen molar-refractivity contribution in [3.8, 4) is 0 Å². The SMILES string of the molecule is O=C(OCCO)c1cc(Cl)nc(Cl)c1. The Morgan fingerprint density at radius 2 is 2.00 bits per heavy atom. The van der Waals surface area contributed by atoms with Gasteiger partial charge in [0.1, 0.15) is 16.9 Å². The molecular formula is C8H7Cl2NO3. The van der Waals surface area contributed by atoms with E-state index in [2.05, 4.69) is 9.72 Å². The van der Waals surface area contributed by atoms with Crippen LogP contribution in [-0.4, -0.2) is 29.3 Å². The van der Waals surface area contributed by atoms with E-state index >= 15 is 0 Å². The Labute approximate surface area is 90.4 Å². The molecule has 0 fully saturated rings. The molecule has 0 aromatic carbocycles. The third-order valence-electron chi connectivity index (χ3n) is 1.32. The first-order valence-electron chi connectivity index (χ1n) is 3.74. The summed E-state index contributed by atoms with van der Waals surface area (Å²) >= 11 is 11.2. The molecule has 0 atom stereocenters. The Balaban J connectivity index is 2.79. The average Bonchev–Trinajstić information content (AvgIpc) is 2.12. The fourth-order valence-corrected chi connectivity index (χ4v) is 1.26. The van der Waals surface area contributed by atoms with Gasteiger partial charge in [-0.1, -0.05) is 23.2 Å². The van der Waals surface area contributed by atoms with Crippen LogP contribution in [0.2, 0.25) is 10.3 Å². The van der Waals surface area contributed by atoms with Crippen molar-refractivity contribution in [2.75, 3.05) is 13.2 Å². The average molecular weight is 236 g/mol. The number of carbonyl (C=O) groups is 1. The van der Waals surface area contributed by atoms with E-state index in [0.717, 1.165) is 0 Å². The second kappa shape index (κ2) is 5.14. The van der Waals surface area contributed by atoms with Crippen LogP contribution in [0, 0.1) is 0 Å². The highest BCUT2D eigenvalue weighted by Gasteiger charge is 2.09. The van der Waals surface area contributed by atoms with Crippen LogP contribution in [0.1, 0.15) is 10.4 Å². The van der Waals surface area contributed by atoms with Crippen molar-refractivity contribution >= 4 is 29.2 Å². The molecule has 0 spiro atoms. The lowest BCUT2D eigenvalue weighted by Gasteiger charge is -2.02. The van der Waals surface area contributed by atoms with Crippen LogP contribution < -0.4 is 0 Å². The van der Waals surface area contributed by atoms with Gasteiger partial charge < -0.3 is 9.84 Å². The first kappa shape index (κ1) is 11.2. The number of aliphatic hydroxyl groups is 1. The monoisotopic (exact) mass is 235 g/mol. The Bertz CT molecular complexity index is 323. The predicted octanol–water partition coefficient (Wildman–Crippen LogP) is 1.54. The van der Waals surface area contributed by atoms with Crippen LogP contribution in [0.4, 0.5) is 0 Å². The van der Waals surface area contributed by atoms with Gasteiger partial charge >= 0.3 is 5.97 Å². The van der Waals surface area contributed by atoms with E-state index in [9.17, 15) is 4.79 Å². The lowest BCUT2D eigenvalue weighted by Crippen LogP contribution is -2.08. The van der Waals surface area contributed by atoms with Gasteiger partial charge in [0.25, 0.3) is 0 Å². The maximum atomic E-state index is 11.2. The summed E-state index contributed by atoms with van der Waals surface area (Å²) < 4.78 is 4.65. The highest BCUT2D eigenvalue weighted by Crippen LogP contribution is 2.15. The molecule has 0 saturated heterocycles. The van der Waals surface area contributed by atoms with Crippen molar-refractivity contribution in [3.05, 3.63) is 28.0 Å². The molecule has 0 amide bonds. The maximum absolute atomic E-state index is 11.2. The first-order chi connectivity index (χ1) is 6.63. The van der Waals surface area contributed by atoms with E-state index in [1.54, 1.807) is 0 Å². The number of esters is 1. The number of carbonyl (C=O) groups excluding carboxylic acids is 1. The number of ether oxygens (including phenoxy) is 1. The zero-order valence-electron chi connectivity index (χ0n) is 7.04. The van der Waals surface area contributed by atoms with Crippen molar-refractivity contribution in [1.82, 2.24) is 4.98 Å². The minimum Gasteiger partial charge on any atom is -0.460 e. The molecule has 0 aliphatic heterocycles. The standard InChI is InChI=1S/C8H7Cl2NO3/c9-6-3-5(4-7(10)11-6)8(13)14-2-1-12/h3-4,12H,1-2H2. The van der Waals surface area contributed by atoms with E-state index in [4.69, 9.17) is 28.3 Å². The zero-order valence-corrected chi connectivity index (χ0v) is 8.55. The van der Waals surface area contributed by atoms with Crippen molar-refractivity contribution < 1.29 is 14.6 Å².